The van der Waals surface area contributed by atoms with Gasteiger partial charge in [-0.15, -0.1) is 0 Å². The molecule has 120 valence electrons. The molecular weight excluding hydrogens is 324 g/mol. The molecule has 0 bridgehead atoms. The van der Waals surface area contributed by atoms with E-state index in [1.54, 1.807) is 24.3 Å². The quantitative estimate of drug-likeness (QED) is 0.555. The second-order valence-electron chi connectivity index (χ2n) is 5.12. The van der Waals surface area contributed by atoms with E-state index in [4.69, 9.17) is 21.1 Å². The predicted octanol–water partition coefficient (Wildman–Crippen LogP) is 5.52. The van der Waals surface area contributed by atoms with Gasteiger partial charge in [0.15, 0.2) is 17.8 Å². The van der Waals surface area contributed by atoms with Crippen LogP contribution in [0.3, 0.4) is 0 Å². The molecule has 3 nitrogen and oxygen atoms in total. The Balaban J connectivity index is 1.82. The molecule has 0 heterocycles. The monoisotopic (exact) mass is 338 g/mol. The normalized spacial score (nSPS) is 10.2. The highest BCUT2D eigenvalue weighted by Crippen LogP contribution is 2.34. The smallest absolute Gasteiger partial charge is 0.169 e. The summed E-state index contributed by atoms with van der Waals surface area (Å²) in [5.74, 6) is 1.52. The van der Waals surface area contributed by atoms with Gasteiger partial charge in [-0.3, -0.25) is 4.79 Å². The van der Waals surface area contributed by atoms with Gasteiger partial charge in [0, 0.05) is 11.1 Å². The summed E-state index contributed by atoms with van der Waals surface area (Å²) in [5.41, 5.74) is 1.49. The number of hydrogen-bond acceptors (Lipinski definition) is 3. The van der Waals surface area contributed by atoms with Crippen molar-refractivity contribution < 1.29 is 14.3 Å². The first-order valence-corrected chi connectivity index (χ1v) is 7.82. The van der Waals surface area contributed by atoms with Crippen molar-refractivity contribution in [2.45, 2.75) is 6.61 Å². The molecule has 0 spiro atoms. The number of aldehydes is 1. The number of carbonyl (C=O) groups is 1. The highest BCUT2D eigenvalue weighted by atomic mass is 35.5. The third kappa shape index (κ3) is 3.94. The molecular formula is C20H15ClO3. The Morgan fingerprint density at radius 3 is 2.29 bits per heavy atom. The van der Waals surface area contributed by atoms with E-state index in [0.29, 0.717) is 34.4 Å². The average Bonchev–Trinajstić information content (AvgIpc) is 2.62. The Labute approximate surface area is 145 Å². The molecule has 4 heteroatoms. The number of hydrogen-bond donors (Lipinski definition) is 0. The van der Waals surface area contributed by atoms with Crippen molar-refractivity contribution in [2.75, 3.05) is 0 Å². The summed E-state index contributed by atoms with van der Waals surface area (Å²) in [4.78, 5) is 11.2. The van der Waals surface area contributed by atoms with Crippen molar-refractivity contribution in [3.63, 3.8) is 0 Å². The van der Waals surface area contributed by atoms with Gasteiger partial charge in [0.25, 0.3) is 0 Å². The molecule has 0 radical (unpaired) electrons. The molecule has 3 rings (SSSR count). The van der Waals surface area contributed by atoms with Crippen molar-refractivity contribution in [1.29, 1.82) is 0 Å². The largest absolute Gasteiger partial charge is 0.485 e. The van der Waals surface area contributed by atoms with E-state index in [1.165, 1.54) is 0 Å². The van der Waals surface area contributed by atoms with Crippen LogP contribution in [-0.2, 0) is 6.61 Å². The lowest BCUT2D eigenvalue weighted by atomic mass is 10.2. The van der Waals surface area contributed by atoms with Gasteiger partial charge in [-0.05, 0) is 29.8 Å². The molecule has 3 aromatic carbocycles. The van der Waals surface area contributed by atoms with Crippen LogP contribution in [0.2, 0.25) is 5.02 Å². The highest BCUT2D eigenvalue weighted by Gasteiger charge is 2.10. The van der Waals surface area contributed by atoms with Crippen LogP contribution in [0.4, 0.5) is 0 Å². The van der Waals surface area contributed by atoms with Gasteiger partial charge in [-0.2, -0.15) is 0 Å². The summed E-state index contributed by atoms with van der Waals surface area (Å²) in [7, 11) is 0. The topological polar surface area (TPSA) is 35.5 Å². The van der Waals surface area contributed by atoms with Crippen LogP contribution in [0.1, 0.15) is 15.9 Å². The van der Waals surface area contributed by atoms with Crippen LogP contribution in [0.25, 0.3) is 0 Å². The van der Waals surface area contributed by atoms with Crippen molar-refractivity contribution in [1.82, 2.24) is 0 Å². The van der Waals surface area contributed by atoms with Gasteiger partial charge >= 0.3 is 0 Å². The minimum Gasteiger partial charge on any atom is -0.485 e. The molecule has 0 N–H and O–H groups in total. The molecule has 0 atom stereocenters. The molecule has 0 unspecified atom stereocenters. The number of benzene rings is 3. The molecule has 3 aromatic rings. The molecule has 0 amide bonds. The van der Waals surface area contributed by atoms with E-state index in [0.717, 1.165) is 11.8 Å². The maximum atomic E-state index is 11.2. The van der Waals surface area contributed by atoms with Crippen molar-refractivity contribution >= 4 is 17.9 Å². The van der Waals surface area contributed by atoms with Crippen LogP contribution >= 0.6 is 11.6 Å². The summed E-state index contributed by atoms with van der Waals surface area (Å²) in [6.07, 6.45) is 0.735. The first kappa shape index (κ1) is 16.1. The van der Waals surface area contributed by atoms with Gasteiger partial charge in [-0.25, -0.2) is 0 Å². The standard InChI is InChI=1S/C20H15ClO3/c21-17-11-10-16(13-22)20(12-17)24-19-9-5-4-8-18(19)23-14-15-6-2-1-3-7-15/h1-13H,14H2. The number of halogens is 1. The predicted molar refractivity (Wildman–Crippen MR) is 94.1 cm³/mol. The van der Waals surface area contributed by atoms with Crippen LogP contribution in [0.15, 0.2) is 72.8 Å². The summed E-state index contributed by atoms with van der Waals surface area (Å²) >= 11 is 5.99. The zero-order chi connectivity index (χ0) is 16.8. The summed E-state index contributed by atoms with van der Waals surface area (Å²) in [5, 5.41) is 0.498. The molecule has 0 aliphatic rings. The number of carbonyl (C=O) groups excluding carboxylic acids is 1. The van der Waals surface area contributed by atoms with E-state index in [2.05, 4.69) is 0 Å². The van der Waals surface area contributed by atoms with Gasteiger partial charge in [0.05, 0.1) is 5.56 Å². The molecule has 0 aliphatic heterocycles. The first-order valence-electron chi connectivity index (χ1n) is 7.44. The molecule has 0 aromatic heterocycles. The molecule has 0 saturated carbocycles. The van der Waals surface area contributed by atoms with E-state index >= 15 is 0 Å². The van der Waals surface area contributed by atoms with Crippen molar-refractivity contribution in [2.24, 2.45) is 0 Å². The lowest BCUT2D eigenvalue weighted by Crippen LogP contribution is -1.98. The van der Waals surface area contributed by atoms with Crippen LogP contribution in [0, 0.1) is 0 Å². The van der Waals surface area contributed by atoms with E-state index in [-0.39, 0.29) is 0 Å². The highest BCUT2D eigenvalue weighted by molar-refractivity contribution is 6.30. The Morgan fingerprint density at radius 2 is 1.54 bits per heavy atom. The minimum atomic E-state index is 0.397. The Kier molecular flexibility index (Phi) is 5.14. The SMILES string of the molecule is O=Cc1ccc(Cl)cc1Oc1ccccc1OCc1ccccc1. The fraction of sp³-hybridized carbons (Fsp3) is 0.0500. The molecule has 24 heavy (non-hydrogen) atoms. The number of ether oxygens (including phenoxy) is 2. The van der Waals surface area contributed by atoms with Gasteiger partial charge < -0.3 is 9.47 Å². The van der Waals surface area contributed by atoms with Gasteiger partial charge in [0.2, 0.25) is 0 Å². The minimum absolute atomic E-state index is 0.397. The van der Waals surface area contributed by atoms with Crippen molar-refractivity contribution in [3.8, 4) is 17.2 Å². The first-order chi connectivity index (χ1) is 11.8. The lowest BCUT2D eigenvalue weighted by Gasteiger charge is -2.13. The van der Waals surface area contributed by atoms with Gasteiger partial charge in [-0.1, -0.05) is 54.1 Å². The Morgan fingerprint density at radius 1 is 0.833 bits per heavy atom. The number of rotatable bonds is 6. The summed E-state index contributed by atoms with van der Waals surface area (Å²) < 4.78 is 11.7. The Hall–Kier alpha value is -2.78. The fourth-order valence-electron chi connectivity index (χ4n) is 2.20. The molecule has 0 saturated heterocycles. The van der Waals surface area contributed by atoms with Crippen molar-refractivity contribution in [3.05, 3.63) is 88.9 Å². The van der Waals surface area contributed by atoms with E-state index in [1.807, 2.05) is 48.5 Å². The van der Waals surface area contributed by atoms with Crippen LogP contribution in [0.5, 0.6) is 17.2 Å². The third-order valence-electron chi connectivity index (χ3n) is 3.41. The lowest BCUT2D eigenvalue weighted by molar-refractivity contribution is 0.112. The van der Waals surface area contributed by atoms with Gasteiger partial charge in [0.1, 0.15) is 12.4 Å². The zero-order valence-electron chi connectivity index (χ0n) is 12.8. The molecule has 0 fully saturated rings. The Bertz CT molecular complexity index is 831. The maximum Gasteiger partial charge on any atom is 0.169 e. The van der Waals surface area contributed by atoms with E-state index < -0.39 is 0 Å². The summed E-state index contributed by atoms with van der Waals surface area (Å²) in [6, 6.07) is 22.1. The average molecular weight is 339 g/mol. The zero-order valence-corrected chi connectivity index (χ0v) is 13.6. The fourth-order valence-corrected chi connectivity index (χ4v) is 2.36. The summed E-state index contributed by atoms with van der Waals surface area (Å²) in [6.45, 7) is 0.428. The second kappa shape index (κ2) is 7.66. The molecule has 0 aliphatic carbocycles. The van der Waals surface area contributed by atoms with E-state index in [9.17, 15) is 4.79 Å². The van der Waals surface area contributed by atoms with Crippen LogP contribution < -0.4 is 9.47 Å². The second-order valence-corrected chi connectivity index (χ2v) is 5.56. The van der Waals surface area contributed by atoms with Crippen LogP contribution in [-0.4, -0.2) is 6.29 Å². The third-order valence-corrected chi connectivity index (χ3v) is 3.64. The number of para-hydroxylation sites is 2. The maximum absolute atomic E-state index is 11.2.